The van der Waals surface area contributed by atoms with Gasteiger partial charge in [0.25, 0.3) is 0 Å². The van der Waals surface area contributed by atoms with Gasteiger partial charge in [0.1, 0.15) is 5.82 Å². The molecule has 0 unspecified atom stereocenters. The number of halogens is 3. The first-order valence-electron chi connectivity index (χ1n) is 9.12. The standard InChI is InChI=1S/C22H21F3N2/c1-15-6-2-3-7-16(15)14-27-11-5-10-26-9-4-8-21(26)22(27)17-12-19(24)20(25)13-18(17)23/h2-4,6-9,12-13,22H,5,10-11,14H2,1H3/t22-/m1/s1. The third kappa shape index (κ3) is 3.39. The van der Waals surface area contributed by atoms with E-state index < -0.39 is 23.5 Å². The van der Waals surface area contributed by atoms with Crippen LogP contribution in [0.15, 0.2) is 54.7 Å². The van der Waals surface area contributed by atoms with Gasteiger partial charge in [0, 0.05) is 43.2 Å². The fourth-order valence-electron chi connectivity index (χ4n) is 3.92. The van der Waals surface area contributed by atoms with Gasteiger partial charge in [-0.05, 0) is 42.7 Å². The van der Waals surface area contributed by atoms with E-state index in [-0.39, 0.29) is 5.56 Å². The molecule has 0 radical (unpaired) electrons. The van der Waals surface area contributed by atoms with E-state index in [0.717, 1.165) is 42.4 Å². The highest BCUT2D eigenvalue weighted by Crippen LogP contribution is 2.35. The summed E-state index contributed by atoms with van der Waals surface area (Å²) < 4.78 is 44.2. The molecule has 2 heterocycles. The van der Waals surface area contributed by atoms with E-state index in [2.05, 4.69) is 15.5 Å². The van der Waals surface area contributed by atoms with Crippen LogP contribution in [-0.4, -0.2) is 16.0 Å². The summed E-state index contributed by atoms with van der Waals surface area (Å²) >= 11 is 0. The molecule has 140 valence electrons. The zero-order valence-electron chi connectivity index (χ0n) is 15.1. The van der Waals surface area contributed by atoms with Crippen LogP contribution >= 0.6 is 0 Å². The number of hydrogen-bond donors (Lipinski definition) is 0. The number of hydrogen-bond acceptors (Lipinski definition) is 1. The normalized spacial score (nSPS) is 17.6. The van der Waals surface area contributed by atoms with Crippen molar-refractivity contribution in [3.05, 3.63) is 94.6 Å². The van der Waals surface area contributed by atoms with E-state index in [1.54, 1.807) is 0 Å². The maximum atomic E-state index is 14.7. The lowest BCUT2D eigenvalue weighted by molar-refractivity contribution is 0.215. The summed E-state index contributed by atoms with van der Waals surface area (Å²) in [6.07, 6.45) is 2.85. The molecular formula is C22H21F3N2. The van der Waals surface area contributed by atoms with Crippen molar-refractivity contribution >= 4 is 0 Å². The Bertz CT molecular complexity index is 964. The predicted octanol–water partition coefficient (Wildman–Crippen LogP) is 5.21. The first kappa shape index (κ1) is 17.9. The molecule has 0 saturated heterocycles. The average molecular weight is 370 g/mol. The Morgan fingerprint density at radius 1 is 0.926 bits per heavy atom. The molecule has 0 fully saturated rings. The van der Waals surface area contributed by atoms with Crippen molar-refractivity contribution in [2.45, 2.75) is 32.5 Å². The van der Waals surface area contributed by atoms with E-state index in [1.165, 1.54) is 0 Å². The summed E-state index contributed by atoms with van der Waals surface area (Å²) in [5, 5.41) is 0. The lowest BCUT2D eigenvalue weighted by atomic mass is 9.99. The number of fused-ring (bicyclic) bond motifs is 1. The van der Waals surface area contributed by atoms with Gasteiger partial charge in [-0.1, -0.05) is 24.3 Å². The minimum atomic E-state index is -1.16. The van der Waals surface area contributed by atoms with Crippen LogP contribution in [-0.2, 0) is 13.1 Å². The second-order valence-corrected chi connectivity index (χ2v) is 7.07. The largest absolute Gasteiger partial charge is 0.350 e. The molecule has 1 atom stereocenters. The minimum Gasteiger partial charge on any atom is -0.350 e. The maximum Gasteiger partial charge on any atom is 0.161 e. The molecule has 0 aliphatic carbocycles. The predicted molar refractivity (Wildman–Crippen MR) is 98.8 cm³/mol. The molecule has 0 N–H and O–H groups in total. The van der Waals surface area contributed by atoms with Crippen LogP contribution in [0.1, 0.15) is 34.8 Å². The number of aromatic nitrogens is 1. The van der Waals surface area contributed by atoms with Crippen molar-refractivity contribution in [2.24, 2.45) is 0 Å². The molecule has 0 amide bonds. The van der Waals surface area contributed by atoms with Crippen molar-refractivity contribution < 1.29 is 13.2 Å². The summed E-state index contributed by atoms with van der Waals surface area (Å²) in [5.41, 5.74) is 3.36. The zero-order chi connectivity index (χ0) is 19.0. The second-order valence-electron chi connectivity index (χ2n) is 7.07. The SMILES string of the molecule is Cc1ccccc1CN1CCCn2cccc2[C@H]1c1cc(F)c(F)cc1F. The lowest BCUT2D eigenvalue weighted by Gasteiger charge is -2.31. The smallest absolute Gasteiger partial charge is 0.161 e. The molecule has 27 heavy (non-hydrogen) atoms. The van der Waals surface area contributed by atoms with Crippen molar-refractivity contribution in [3.8, 4) is 0 Å². The van der Waals surface area contributed by atoms with Crippen molar-refractivity contribution in [1.29, 1.82) is 0 Å². The molecule has 2 nitrogen and oxygen atoms in total. The first-order chi connectivity index (χ1) is 13.0. The highest BCUT2D eigenvalue weighted by atomic mass is 19.2. The molecule has 5 heteroatoms. The van der Waals surface area contributed by atoms with E-state index in [0.29, 0.717) is 12.6 Å². The van der Waals surface area contributed by atoms with Gasteiger partial charge in [0.2, 0.25) is 0 Å². The molecule has 1 aromatic heterocycles. The van der Waals surface area contributed by atoms with Crippen LogP contribution in [0.25, 0.3) is 0 Å². The Morgan fingerprint density at radius 2 is 1.70 bits per heavy atom. The van der Waals surface area contributed by atoms with E-state index in [9.17, 15) is 13.2 Å². The Labute approximate surface area is 156 Å². The second kappa shape index (κ2) is 7.24. The number of nitrogens with zero attached hydrogens (tertiary/aromatic N) is 2. The summed E-state index contributed by atoms with van der Waals surface area (Å²) in [4.78, 5) is 2.15. The highest BCUT2D eigenvalue weighted by Gasteiger charge is 2.30. The van der Waals surface area contributed by atoms with Crippen molar-refractivity contribution in [1.82, 2.24) is 9.47 Å². The third-order valence-corrected chi connectivity index (χ3v) is 5.32. The summed E-state index contributed by atoms with van der Waals surface area (Å²) in [7, 11) is 0. The van der Waals surface area contributed by atoms with Crippen LogP contribution in [0.3, 0.4) is 0 Å². The van der Waals surface area contributed by atoms with Crippen LogP contribution in [0.4, 0.5) is 13.2 Å². The highest BCUT2D eigenvalue weighted by molar-refractivity contribution is 5.33. The number of benzene rings is 2. The molecule has 1 aliphatic rings. The average Bonchev–Trinajstić information content (AvgIpc) is 3.03. The van der Waals surface area contributed by atoms with Gasteiger partial charge in [0.15, 0.2) is 11.6 Å². The number of rotatable bonds is 3. The summed E-state index contributed by atoms with van der Waals surface area (Å²) in [6.45, 7) is 4.21. The topological polar surface area (TPSA) is 8.17 Å². The molecule has 0 saturated carbocycles. The van der Waals surface area contributed by atoms with Gasteiger partial charge in [-0.25, -0.2) is 13.2 Å². The molecule has 3 aromatic rings. The Morgan fingerprint density at radius 3 is 2.52 bits per heavy atom. The summed E-state index contributed by atoms with van der Waals surface area (Å²) in [6, 6.07) is 13.1. The maximum absolute atomic E-state index is 14.7. The Balaban J connectivity index is 1.82. The Hall–Kier alpha value is -2.53. The Kier molecular flexibility index (Phi) is 4.79. The number of aryl methyl sites for hydroxylation is 2. The zero-order valence-corrected chi connectivity index (χ0v) is 15.1. The van der Waals surface area contributed by atoms with Crippen LogP contribution < -0.4 is 0 Å². The van der Waals surface area contributed by atoms with Gasteiger partial charge >= 0.3 is 0 Å². The first-order valence-corrected chi connectivity index (χ1v) is 9.12. The minimum absolute atomic E-state index is 0.171. The van der Waals surface area contributed by atoms with E-state index in [1.807, 2.05) is 43.5 Å². The van der Waals surface area contributed by atoms with E-state index >= 15 is 0 Å². The summed E-state index contributed by atoms with van der Waals surface area (Å²) in [5.74, 6) is -2.90. The molecule has 1 aliphatic heterocycles. The third-order valence-electron chi connectivity index (χ3n) is 5.32. The fraction of sp³-hybridized carbons (Fsp3) is 0.273. The molecular weight excluding hydrogens is 349 g/mol. The quantitative estimate of drug-likeness (QED) is 0.575. The monoisotopic (exact) mass is 370 g/mol. The van der Waals surface area contributed by atoms with Gasteiger partial charge in [0.05, 0.1) is 6.04 Å². The molecule has 2 aromatic carbocycles. The molecule has 0 spiro atoms. The molecule has 0 bridgehead atoms. The van der Waals surface area contributed by atoms with Crippen LogP contribution in [0.5, 0.6) is 0 Å². The van der Waals surface area contributed by atoms with Crippen LogP contribution in [0.2, 0.25) is 0 Å². The lowest BCUT2D eigenvalue weighted by Crippen LogP contribution is -2.30. The van der Waals surface area contributed by atoms with Gasteiger partial charge in [-0.2, -0.15) is 0 Å². The van der Waals surface area contributed by atoms with Gasteiger partial charge in [-0.15, -0.1) is 0 Å². The van der Waals surface area contributed by atoms with Gasteiger partial charge in [-0.3, -0.25) is 4.90 Å². The van der Waals surface area contributed by atoms with Crippen molar-refractivity contribution in [3.63, 3.8) is 0 Å². The van der Waals surface area contributed by atoms with Crippen molar-refractivity contribution in [2.75, 3.05) is 6.54 Å². The van der Waals surface area contributed by atoms with E-state index in [4.69, 9.17) is 0 Å². The molecule has 4 rings (SSSR count). The van der Waals surface area contributed by atoms with Gasteiger partial charge < -0.3 is 4.57 Å². The fourth-order valence-corrected chi connectivity index (χ4v) is 3.92. The van der Waals surface area contributed by atoms with Crippen LogP contribution in [0, 0.1) is 24.4 Å².